The average Bonchev–Trinajstić information content (AvgIpc) is 2.80. The van der Waals surface area contributed by atoms with E-state index in [9.17, 15) is 9.18 Å². The van der Waals surface area contributed by atoms with Crippen LogP contribution in [0.15, 0.2) is 18.2 Å². The minimum absolute atomic E-state index is 0.00595. The van der Waals surface area contributed by atoms with Crippen LogP contribution in [0.3, 0.4) is 0 Å². The molecule has 1 aliphatic heterocycles. The molecule has 0 spiro atoms. The van der Waals surface area contributed by atoms with Gasteiger partial charge in [-0.25, -0.2) is 4.39 Å². The third kappa shape index (κ3) is 2.87. The molecule has 1 amide bonds. The number of carbonyl (C=O) groups is 1. The van der Waals surface area contributed by atoms with Gasteiger partial charge in [-0.15, -0.1) is 0 Å². The van der Waals surface area contributed by atoms with Crippen LogP contribution in [0.5, 0.6) is 0 Å². The molecule has 0 aromatic heterocycles. The van der Waals surface area contributed by atoms with Gasteiger partial charge in [0.15, 0.2) is 0 Å². The molecular weight excluding hydrogens is 247 g/mol. The summed E-state index contributed by atoms with van der Waals surface area (Å²) in [5.41, 5.74) is 5.94. The predicted octanol–water partition coefficient (Wildman–Crippen LogP) is 1.83. The van der Waals surface area contributed by atoms with E-state index in [1.54, 1.807) is 19.9 Å². The van der Waals surface area contributed by atoms with Gasteiger partial charge in [0.05, 0.1) is 6.61 Å². The summed E-state index contributed by atoms with van der Waals surface area (Å²) in [6.07, 6.45) is 0.765. The minimum Gasteiger partial charge on any atom is -0.381 e. The molecule has 0 aliphatic carbocycles. The standard InChI is InChI=1S/C14H19FN2O2/c1-9-5-11(15)7-12(6-9)17-14(2,13(16)18)10-3-4-19-8-10/h5-7,10,17H,3-4,8H2,1-2H3,(H2,16,18). The van der Waals surface area contributed by atoms with Crippen LogP contribution in [0.25, 0.3) is 0 Å². The Morgan fingerprint density at radius 3 is 2.79 bits per heavy atom. The average molecular weight is 266 g/mol. The van der Waals surface area contributed by atoms with Crippen molar-refractivity contribution in [2.45, 2.75) is 25.8 Å². The maximum absolute atomic E-state index is 13.4. The molecule has 3 N–H and O–H groups in total. The summed E-state index contributed by atoms with van der Waals surface area (Å²) in [6.45, 7) is 4.65. The van der Waals surface area contributed by atoms with Gasteiger partial charge in [0.25, 0.3) is 0 Å². The van der Waals surface area contributed by atoms with Gasteiger partial charge >= 0.3 is 0 Å². The Bertz CT molecular complexity index is 466. The molecule has 4 nitrogen and oxygen atoms in total. The number of benzene rings is 1. The monoisotopic (exact) mass is 266 g/mol. The van der Waals surface area contributed by atoms with E-state index in [0.717, 1.165) is 12.0 Å². The first kappa shape index (κ1) is 13.8. The van der Waals surface area contributed by atoms with Crippen molar-refractivity contribution in [1.82, 2.24) is 0 Å². The number of hydrogen-bond donors (Lipinski definition) is 2. The Balaban J connectivity index is 2.27. The largest absolute Gasteiger partial charge is 0.381 e. The van der Waals surface area contributed by atoms with E-state index >= 15 is 0 Å². The number of carbonyl (C=O) groups excluding carboxylic acids is 1. The van der Waals surface area contributed by atoms with Crippen molar-refractivity contribution >= 4 is 11.6 Å². The van der Waals surface area contributed by atoms with Gasteiger partial charge in [-0.05, 0) is 44.0 Å². The summed E-state index contributed by atoms with van der Waals surface area (Å²) in [5, 5.41) is 3.08. The smallest absolute Gasteiger partial charge is 0.243 e. The van der Waals surface area contributed by atoms with Crippen LogP contribution >= 0.6 is 0 Å². The second-order valence-electron chi connectivity index (χ2n) is 5.27. The van der Waals surface area contributed by atoms with Gasteiger partial charge in [-0.3, -0.25) is 4.79 Å². The zero-order chi connectivity index (χ0) is 14.0. The van der Waals surface area contributed by atoms with E-state index < -0.39 is 11.4 Å². The van der Waals surface area contributed by atoms with Gasteiger partial charge in [0.2, 0.25) is 5.91 Å². The second-order valence-corrected chi connectivity index (χ2v) is 5.27. The van der Waals surface area contributed by atoms with Crippen LogP contribution in [-0.4, -0.2) is 24.7 Å². The molecular formula is C14H19FN2O2. The maximum atomic E-state index is 13.4. The number of halogens is 1. The summed E-state index contributed by atoms with van der Waals surface area (Å²) in [7, 11) is 0. The van der Waals surface area contributed by atoms with Crippen LogP contribution in [-0.2, 0) is 9.53 Å². The van der Waals surface area contributed by atoms with Crippen LogP contribution in [0.4, 0.5) is 10.1 Å². The molecule has 19 heavy (non-hydrogen) atoms. The maximum Gasteiger partial charge on any atom is 0.243 e. The van der Waals surface area contributed by atoms with Crippen molar-refractivity contribution in [3.8, 4) is 0 Å². The van der Waals surface area contributed by atoms with Crippen LogP contribution < -0.4 is 11.1 Å². The fourth-order valence-electron chi connectivity index (χ4n) is 2.46. The Morgan fingerprint density at radius 2 is 2.26 bits per heavy atom. The highest BCUT2D eigenvalue weighted by molar-refractivity contribution is 5.88. The van der Waals surface area contributed by atoms with Crippen molar-refractivity contribution in [1.29, 1.82) is 0 Å². The van der Waals surface area contributed by atoms with Gasteiger partial charge in [-0.1, -0.05) is 0 Å². The fourth-order valence-corrected chi connectivity index (χ4v) is 2.46. The first-order chi connectivity index (χ1) is 8.91. The van der Waals surface area contributed by atoms with Crippen LogP contribution in [0, 0.1) is 18.7 Å². The zero-order valence-electron chi connectivity index (χ0n) is 11.2. The zero-order valence-corrected chi connectivity index (χ0v) is 11.2. The normalized spacial score (nSPS) is 21.9. The third-order valence-electron chi connectivity index (χ3n) is 3.70. The second kappa shape index (κ2) is 5.17. The Labute approximate surface area is 112 Å². The molecule has 1 saturated heterocycles. The van der Waals surface area contributed by atoms with E-state index in [2.05, 4.69) is 5.32 Å². The van der Waals surface area contributed by atoms with Gasteiger partial charge < -0.3 is 15.8 Å². The molecule has 5 heteroatoms. The molecule has 1 aromatic rings. The minimum atomic E-state index is -0.934. The predicted molar refractivity (Wildman–Crippen MR) is 71.3 cm³/mol. The molecule has 2 unspecified atom stereocenters. The van der Waals surface area contributed by atoms with E-state index in [0.29, 0.717) is 18.9 Å². The molecule has 104 valence electrons. The Morgan fingerprint density at radius 1 is 1.53 bits per heavy atom. The first-order valence-electron chi connectivity index (χ1n) is 6.35. The molecule has 1 fully saturated rings. The lowest BCUT2D eigenvalue weighted by atomic mass is 9.84. The number of primary amides is 1. The van der Waals surface area contributed by atoms with Crippen LogP contribution in [0.1, 0.15) is 18.9 Å². The number of nitrogens with two attached hydrogens (primary N) is 1. The number of nitrogens with one attached hydrogen (secondary N) is 1. The number of hydrogen-bond acceptors (Lipinski definition) is 3. The van der Waals surface area contributed by atoms with E-state index in [-0.39, 0.29) is 11.7 Å². The van der Waals surface area contributed by atoms with Crippen molar-refractivity contribution in [3.63, 3.8) is 0 Å². The highest BCUT2D eigenvalue weighted by Gasteiger charge is 2.41. The third-order valence-corrected chi connectivity index (χ3v) is 3.70. The highest BCUT2D eigenvalue weighted by atomic mass is 19.1. The topological polar surface area (TPSA) is 64.3 Å². The molecule has 2 atom stereocenters. The number of anilines is 1. The molecule has 0 saturated carbocycles. The van der Waals surface area contributed by atoms with Gasteiger partial charge in [0, 0.05) is 18.2 Å². The lowest BCUT2D eigenvalue weighted by Gasteiger charge is -2.33. The number of amides is 1. The number of ether oxygens (including phenoxy) is 1. The summed E-state index contributed by atoms with van der Waals surface area (Å²) in [4.78, 5) is 11.8. The summed E-state index contributed by atoms with van der Waals surface area (Å²) < 4.78 is 18.7. The Hall–Kier alpha value is -1.62. The molecule has 1 aromatic carbocycles. The summed E-state index contributed by atoms with van der Waals surface area (Å²) in [5.74, 6) is -0.796. The lowest BCUT2D eigenvalue weighted by molar-refractivity contribution is -0.123. The molecule has 0 radical (unpaired) electrons. The first-order valence-corrected chi connectivity index (χ1v) is 6.35. The number of rotatable bonds is 4. The van der Waals surface area contributed by atoms with Crippen LogP contribution in [0.2, 0.25) is 0 Å². The van der Waals surface area contributed by atoms with Crippen molar-refractivity contribution in [2.75, 3.05) is 18.5 Å². The molecule has 0 bridgehead atoms. The summed E-state index contributed by atoms with van der Waals surface area (Å²) in [6, 6.07) is 4.59. The SMILES string of the molecule is Cc1cc(F)cc(NC(C)(C(N)=O)C2CCOC2)c1. The van der Waals surface area contributed by atoms with Crippen molar-refractivity contribution in [3.05, 3.63) is 29.6 Å². The quantitative estimate of drug-likeness (QED) is 0.873. The van der Waals surface area contributed by atoms with Gasteiger partial charge in [-0.2, -0.15) is 0 Å². The fraction of sp³-hybridized carbons (Fsp3) is 0.500. The van der Waals surface area contributed by atoms with Crippen molar-refractivity contribution < 1.29 is 13.9 Å². The van der Waals surface area contributed by atoms with Gasteiger partial charge in [0.1, 0.15) is 11.4 Å². The molecule has 1 aliphatic rings. The molecule has 1 heterocycles. The summed E-state index contributed by atoms with van der Waals surface area (Å²) >= 11 is 0. The lowest BCUT2D eigenvalue weighted by Crippen LogP contribution is -2.53. The highest BCUT2D eigenvalue weighted by Crippen LogP contribution is 2.30. The van der Waals surface area contributed by atoms with E-state index in [4.69, 9.17) is 10.5 Å². The van der Waals surface area contributed by atoms with E-state index in [1.807, 2.05) is 0 Å². The molecule has 2 rings (SSSR count). The van der Waals surface area contributed by atoms with Crippen molar-refractivity contribution in [2.24, 2.45) is 11.7 Å². The number of aryl methyl sites for hydroxylation is 1. The van der Waals surface area contributed by atoms with E-state index in [1.165, 1.54) is 12.1 Å². The Kier molecular flexibility index (Phi) is 3.75.